The molecule has 4 rings (SSSR count). The Morgan fingerprint density at radius 1 is 1.30 bits per heavy atom. The van der Waals surface area contributed by atoms with Crippen LogP contribution in [0.2, 0.25) is 5.02 Å². The number of nitrogens with one attached hydrogen (secondary N) is 1. The molecule has 5 heteroatoms. The fourth-order valence-corrected chi connectivity index (χ4v) is 3.88. The quantitative estimate of drug-likeness (QED) is 0.712. The Morgan fingerprint density at radius 2 is 2.22 bits per heavy atom. The number of carbonyl (C=O) groups excluding carboxylic acids is 1. The minimum Gasteiger partial charge on any atom is -0.361 e. The van der Waals surface area contributed by atoms with Crippen molar-refractivity contribution >= 4 is 45.3 Å². The molecule has 0 atom stereocenters. The summed E-state index contributed by atoms with van der Waals surface area (Å²) in [6.45, 7) is 1.40. The summed E-state index contributed by atoms with van der Waals surface area (Å²) in [5, 5.41) is 3.82. The van der Waals surface area contributed by atoms with Crippen molar-refractivity contribution in [2.45, 2.75) is 6.42 Å². The van der Waals surface area contributed by atoms with Crippen LogP contribution in [0.5, 0.6) is 0 Å². The smallest absolute Gasteiger partial charge is 0.264 e. The van der Waals surface area contributed by atoms with Crippen molar-refractivity contribution in [1.82, 2.24) is 9.88 Å². The van der Waals surface area contributed by atoms with E-state index in [2.05, 4.69) is 11.1 Å². The number of rotatable bonds is 2. The van der Waals surface area contributed by atoms with Gasteiger partial charge in [-0.15, -0.1) is 11.3 Å². The Bertz CT molecular complexity index is 895. The van der Waals surface area contributed by atoms with E-state index in [0.29, 0.717) is 6.54 Å². The standard InChI is InChI=1S/C18H15ClN2OS/c19-13-3-4-16-14(10-13)15(11-20-16)12-5-7-21(8-6-12)18(22)17-2-1-9-23-17/h1-5,9-11,20H,6-8H2. The number of H-pyrrole nitrogens is 1. The van der Waals surface area contributed by atoms with Gasteiger partial charge in [-0.2, -0.15) is 0 Å². The Balaban J connectivity index is 1.59. The molecule has 1 aromatic carbocycles. The molecule has 1 N–H and O–H groups in total. The van der Waals surface area contributed by atoms with Crippen LogP contribution in [0.1, 0.15) is 21.7 Å². The minimum atomic E-state index is 0.122. The van der Waals surface area contributed by atoms with Crippen LogP contribution in [0, 0.1) is 0 Å². The van der Waals surface area contributed by atoms with Crippen LogP contribution in [-0.4, -0.2) is 28.9 Å². The summed E-state index contributed by atoms with van der Waals surface area (Å²) >= 11 is 7.62. The maximum atomic E-state index is 12.4. The van der Waals surface area contributed by atoms with Gasteiger partial charge >= 0.3 is 0 Å². The van der Waals surface area contributed by atoms with E-state index in [1.54, 1.807) is 0 Å². The molecule has 1 amide bonds. The van der Waals surface area contributed by atoms with Gasteiger partial charge in [-0.1, -0.05) is 23.7 Å². The first-order chi connectivity index (χ1) is 11.2. The maximum absolute atomic E-state index is 12.4. The predicted octanol–water partition coefficient (Wildman–Crippen LogP) is 4.81. The molecule has 0 spiro atoms. The third kappa shape index (κ3) is 2.69. The van der Waals surface area contributed by atoms with E-state index in [4.69, 9.17) is 11.6 Å². The average molecular weight is 343 g/mol. The fraction of sp³-hybridized carbons (Fsp3) is 0.167. The van der Waals surface area contributed by atoms with Gasteiger partial charge in [0.2, 0.25) is 0 Å². The van der Waals surface area contributed by atoms with Crippen LogP contribution >= 0.6 is 22.9 Å². The number of hydrogen-bond acceptors (Lipinski definition) is 2. The Labute approximate surface area is 143 Å². The Morgan fingerprint density at radius 3 is 2.96 bits per heavy atom. The van der Waals surface area contributed by atoms with Crippen LogP contribution in [0.3, 0.4) is 0 Å². The highest BCUT2D eigenvalue weighted by molar-refractivity contribution is 7.12. The van der Waals surface area contributed by atoms with Gasteiger partial charge in [0.05, 0.1) is 4.88 Å². The molecule has 3 heterocycles. The number of thiophene rings is 1. The van der Waals surface area contributed by atoms with Gasteiger partial charge in [0.25, 0.3) is 5.91 Å². The molecule has 0 bridgehead atoms. The molecule has 1 aliphatic heterocycles. The monoisotopic (exact) mass is 342 g/mol. The average Bonchev–Trinajstić information content (AvgIpc) is 3.24. The van der Waals surface area contributed by atoms with Gasteiger partial charge in [-0.3, -0.25) is 4.79 Å². The van der Waals surface area contributed by atoms with Crippen molar-refractivity contribution in [3.8, 4) is 0 Å². The second-order valence-corrected chi connectivity index (χ2v) is 6.98. The largest absolute Gasteiger partial charge is 0.361 e. The lowest BCUT2D eigenvalue weighted by Gasteiger charge is -2.26. The number of amides is 1. The van der Waals surface area contributed by atoms with Crippen LogP contribution in [0.4, 0.5) is 0 Å². The normalized spacial score (nSPS) is 15.0. The molecule has 0 fully saturated rings. The number of carbonyl (C=O) groups is 1. The van der Waals surface area contributed by atoms with Crippen LogP contribution in [0.15, 0.2) is 48.0 Å². The van der Waals surface area contributed by atoms with E-state index in [9.17, 15) is 4.79 Å². The summed E-state index contributed by atoms with van der Waals surface area (Å²) in [6, 6.07) is 9.68. The molecule has 3 aromatic rings. The summed E-state index contributed by atoms with van der Waals surface area (Å²) in [5.41, 5.74) is 3.54. The third-order valence-electron chi connectivity index (χ3n) is 4.22. The van der Waals surface area contributed by atoms with Crippen molar-refractivity contribution in [1.29, 1.82) is 0 Å². The highest BCUT2D eigenvalue weighted by Crippen LogP contribution is 2.31. The second kappa shape index (κ2) is 5.87. The molecule has 2 aromatic heterocycles. The number of halogens is 1. The summed E-state index contributed by atoms with van der Waals surface area (Å²) in [4.78, 5) is 18.4. The lowest BCUT2D eigenvalue weighted by molar-refractivity contribution is 0.0777. The lowest BCUT2D eigenvalue weighted by atomic mass is 9.99. The summed E-state index contributed by atoms with van der Waals surface area (Å²) < 4.78 is 0. The summed E-state index contributed by atoms with van der Waals surface area (Å²) in [5.74, 6) is 0.122. The zero-order valence-corrected chi connectivity index (χ0v) is 14.0. The molecule has 23 heavy (non-hydrogen) atoms. The number of fused-ring (bicyclic) bond motifs is 1. The third-order valence-corrected chi connectivity index (χ3v) is 5.31. The van der Waals surface area contributed by atoms with Gasteiger partial charge in [0.15, 0.2) is 0 Å². The van der Waals surface area contributed by atoms with Crippen molar-refractivity contribution < 1.29 is 4.79 Å². The second-order valence-electron chi connectivity index (χ2n) is 5.60. The molecule has 116 valence electrons. The van der Waals surface area contributed by atoms with E-state index in [1.807, 2.05) is 46.8 Å². The predicted molar refractivity (Wildman–Crippen MR) is 96.1 cm³/mol. The van der Waals surface area contributed by atoms with Crippen molar-refractivity contribution in [3.05, 3.63) is 63.4 Å². The van der Waals surface area contributed by atoms with E-state index in [0.717, 1.165) is 33.8 Å². The Kier molecular flexibility index (Phi) is 3.71. The van der Waals surface area contributed by atoms with Gasteiger partial charge in [-0.25, -0.2) is 0 Å². The molecule has 0 saturated carbocycles. The van der Waals surface area contributed by atoms with Crippen LogP contribution < -0.4 is 0 Å². The van der Waals surface area contributed by atoms with E-state index in [1.165, 1.54) is 22.5 Å². The first kappa shape index (κ1) is 14.5. The fourth-order valence-electron chi connectivity index (χ4n) is 3.01. The van der Waals surface area contributed by atoms with Crippen molar-refractivity contribution in [3.63, 3.8) is 0 Å². The molecular formula is C18H15ClN2OS. The van der Waals surface area contributed by atoms with Gasteiger partial charge in [0.1, 0.15) is 0 Å². The lowest BCUT2D eigenvalue weighted by Crippen LogP contribution is -2.34. The van der Waals surface area contributed by atoms with Crippen LogP contribution in [0.25, 0.3) is 16.5 Å². The first-order valence-electron chi connectivity index (χ1n) is 7.51. The highest BCUT2D eigenvalue weighted by atomic mass is 35.5. The summed E-state index contributed by atoms with van der Waals surface area (Å²) in [6.07, 6.45) is 5.04. The van der Waals surface area contributed by atoms with Gasteiger partial charge in [0, 0.05) is 40.8 Å². The van der Waals surface area contributed by atoms with Gasteiger partial charge in [-0.05, 0) is 41.6 Å². The zero-order chi connectivity index (χ0) is 15.8. The number of aromatic amines is 1. The highest BCUT2D eigenvalue weighted by Gasteiger charge is 2.21. The molecule has 0 saturated heterocycles. The Hall–Kier alpha value is -2.04. The van der Waals surface area contributed by atoms with Crippen molar-refractivity contribution in [2.24, 2.45) is 0 Å². The number of nitrogens with zero attached hydrogens (tertiary/aromatic N) is 1. The molecule has 0 aliphatic carbocycles. The van der Waals surface area contributed by atoms with E-state index >= 15 is 0 Å². The summed E-state index contributed by atoms with van der Waals surface area (Å²) in [7, 11) is 0. The number of benzene rings is 1. The molecular weight excluding hydrogens is 328 g/mol. The minimum absolute atomic E-state index is 0.122. The SMILES string of the molecule is O=C(c1cccs1)N1CC=C(c2c[nH]c3ccc(Cl)cc23)CC1. The molecule has 0 radical (unpaired) electrons. The molecule has 1 aliphatic rings. The van der Waals surface area contributed by atoms with Gasteiger partial charge < -0.3 is 9.88 Å². The zero-order valence-electron chi connectivity index (χ0n) is 12.4. The topological polar surface area (TPSA) is 36.1 Å². The van der Waals surface area contributed by atoms with Crippen molar-refractivity contribution in [2.75, 3.05) is 13.1 Å². The number of hydrogen-bond donors (Lipinski definition) is 1. The number of aromatic nitrogens is 1. The molecule has 0 unspecified atom stereocenters. The van der Waals surface area contributed by atoms with E-state index < -0.39 is 0 Å². The maximum Gasteiger partial charge on any atom is 0.264 e. The first-order valence-corrected chi connectivity index (χ1v) is 8.77. The van der Waals surface area contributed by atoms with Crippen LogP contribution in [-0.2, 0) is 0 Å². The van der Waals surface area contributed by atoms with E-state index in [-0.39, 0.29) is 5.91 Å². The molecule has 3 nitrogen and oxygen atoms in total.